The van der Waals surface area contributed by atoms with E-state index in [1.54, 1.807) is 65.8 Å². The largest absolute Gasteiger partial charge is 0.573 e. The van der Waals surface area contributed by atoms with Crippen LogP contribution in [0.15, 0.2) is 291 Å². The summed E-state index contributed by atoms with van der Waals surface area (Å²) in [5.41, 5.74) is 12.9. The van der Waals surface area contributed by atoms with Crippen molar-refractivity contribution in [1.29, 1.82) is 0 Å². The molecule has 0 atom stereocenters. The molecule has 0 unspecified atom stereocenters. The number of urea groups is 1. The van der Waals surface area contributed by atoms with Crippen LogP contribution in [0.2, 0.25) is 0 Å². The fourth-order valence-electron chi connectivity index (χ4n) is 17.9. The number of aromatic nitrogens is 4. The monoisotopic (exact) mass is 1890 g/mol. The molecule has 4 aliphatic carbocycles. The number of halogens is 6. The van der Waals surface area contributed by atoms with Crippen molar-refractivity contribution < 1.29 is 104 Å². The zero-order valence-electron chi connectivity index (χ0n) is 75.6. The molecule has 23 nitrogen and oxygen atoms in total. The molecular weight excluding hydrogens is 1790 g/mol. The fourth-order valence-corrected chi connectivity index (χ4v) is 17.9. The van der Waals surface area contributed by atoms with Gasteiger partial charge in [0.15, 0.2) is 0 Å². The highest BCUT2D eigenvalue weighted by atomic mass is 19.4. The van der Waals surface area contributed by atoms with Gasteiger partial charge < -0.3 is 83.1 Å². The second kappa shape index (κ2) is 41.6. The molecule has 4 heterocycles. The number of aromatic carboxylic acids is 4. The summed E-state index contributed by atoms with van der Waals surface area (Å²) in [6.45, 7) is 2.18. The van der Waals surface area contributed by atoms with Crippen LogP contribution in [0, 0.1) is 17.8 Å². The number of methoxy groups -OCH3 is 2. The number of nitrogens with one attached hydrogen (secondary N) is 3. The predicted molar refractivity (Wildman–Crippen MR) is 518 cm³/mol. The number of carbonyl (C=O) groups is 6. The zero-order chi connectivity index (χ0) is 97.2. The second-order valence-corrected chi connectivity index (χ2v) is 34.7. The number of para-hydroxylation sites is 4. The molecule has 4 aromatic heterocycles. The van der Waals surface area contributed by atoms with Crippen LogP contribution in [0.3, 0.4) is 0 Å². The van der Waals surface area contributed by atoms with Crippen LogP contribution in [0.4, 0.5) is 42.5 Å². The number of benzene rings is 12. The number of carboxylic acids is 4. The average Bonchev–Trinajstić information content (AvgIpc) is 1.61. The Balaban J connectivity index is 0.000000128. The Morgan fingerprint density at radius 2 is 0.655 bits per heavy atom. The van der Waals surface area contributed by atoms with Gasteiger partial charge in [-0.25, -0.2) is 24.0 Å². The van der Waals surface area contributed by atoms with Crippen molar-refractivity contribution in [3.05, 3.63) is 336 Å². The number of carboxylic acid groups (broad SMARTS) is 4. The number of anilines is 2. The van der Waals surface area contributed by atoms with Crippen LogP contribution in [0.25, 0.3) is 88.1 Å². The van der Waals surface area contributed by atoms with Crippen molar-refractivity contribution in [1.82, 2.24) is 23.6 Å². The quantitative estimate of drug-likeness (QED) is 0.0206. The highest BCUT2D eigenvalue weighted by Gasteiger charge is 2.36. The van der Waals surface area contributed by atoms with Crippen molar-refractivity contribution in [2.24, 2.45) is 17.8 Å². The summed E-state index contributed by atoms with van der Waals surface area (Å²) < 4.78 is 113. The minimum absolute atomic E-state index is 0.0403. The van der Waals surface area contributed by atoms with Crippen LogP contribution in [0.1, 0.15) is 128 Å². The molecule has 0 bridgehead atoms. The topological polar surface area (TPSA) is 295 Å². The minimum atomic E-state index is -4.81. The third kappa shape index (κ3) is 23.0. The maximum absolute atomic E-state index is 12.7. The summed E-state index contributed by atoms with van der Waals surface area (Å²) in [5.74, 6) is -0.877. The lowest BCUT2D eigenvalue weighted by Gasteiger charge is -2.13. The lowest BCUT2D eigenvalue weighted by molar-refractivity contribution is -0.275. The van der Waals surface area contributed by atoms with Gasteiger partial charge in [-0.2, -0.15) is 0 Å². The Morgan fingerprint density at radius 3 is 1.01 bits per heavy atom. The van der Waals surface area contributed by atoms with E-state index in [1.165, 1.54) is 49.2 Å². The SMILES string of the molecule is COc1cccc(Cn2c(C(=O)O)c(-c3cccc(NC(=O)C4CCCC4)c3)c3ccccc32)c1.COc1cccc(Cn2c(C(=O)O)c(-c3cccc(NC(=O)NC4CC4)c3)c3ccccc32)c1.O=C(O)c1c(-c2ccc(OCC3CC3)cc2)c2ccccc2n1Cc1cccc(OC(F)(F)F)c1.O=C(O)c1c(-c2cccc(OCC3CC3)c2)c2ccccc2n1Cc1cccc(OC(F)(F)F)c1. The zero-order valence-corrected chi connectivity index (χ0v) is 75.6. The lowest BCUT2D eigenvalue weighted by atomic mass is 10.0. The molecule has 12 aromatic carbocycles. The summed E-state index contributed by atoms with van der Waals surface area (Å²) in [4.78, 5) is 75.1. The number of hydrogen-bond acceptors (Lipinski definition) is 12. The standard InChI is InChI=1S/C29H28N2O4.2C27H22F3NO4.C27H25N3O4/c1-35-23-13-6-8-19(16-23)18-31-25-15-5-4-14-24(25)26(27(31)29(33)34)21-11-7-12-22(17-21)30-28(32)20-9-2-3-10-20;28-27(29,30)35-21-8-3-5-18(13-21)15-31-23-10-2-1-9-22(23)24(25(31)26(32)33)19-6-4-7-20(14-19)34-16-17-11-12-17;28-27(29,30)35-21-5-3-4-18(14-21)15-31-23-7-2-1-6-22(23)24(25(31)26(32)33)19-10-12-20(13-11-19)34-16-17-8-9-17;1-34-21-9-4-6-17(14-21)16-30-23-11-3-2-10-22(23)24(25(30)26(31)32)18-7-5-8-20(15-18)29-27(33)28-19-12-13-19/h4-8,11-17,20H,2-3,9-10,18H2,1H3,(H,30,32)(H,33,34);1-10,13-14,17H,11-12,15-16H2,(H,32,33);1-7,10-14,17H,8-9,15-16H2,(H,32,33);2-11,14-15,19H,12-13,16H2,1H3,(H,31,32)(H2,28,29,33). The molecule has 710 valence electrons. The molecule has 4 saturated carbocycles. The van der Waals surface area contributed by atoms with Gasteiger partial charge in [0.25, 0.3) is 0 Å². The molecule has 0 spiro atoms. The number of ether oxygens (including phenoxy) is 6. The maximum atomic E-state index is 12.7. The Hall–Kier alpha value is -16.2. The molecule has 29 heteroatoms. The Bertz CT molecular complexity index is 7260. The first-order valence-electron chi connectivity index (χ1n) is 45.5. The molecule has 3 amide bonds. The first-order chi connectivity index (χ1) is 67.1. The van der Waals surface area contributed by atoms with E-state index in [9.17, 15) is 75.5 Å². The van der Waals surface area contributed by atoms with Gasteiger partial charge in [0.1, 0.15) is 57.3 Å². The number of hydrogen-bond donors (Lipinski definition) is 7. The maximum Gasteiger partial charge on any atom is 0.573 e. The van der Waals surface area contributed by atoms with Crippen molar-refractivity contribution in [2.75, 3.05) is 38.1 Å². The summed E-state index contributed by atoms with van der Waals surface area (Å²) in [7, 11) is 3.22. The average molecular weight is 1890 g/mol. The van der Waals surface area contributed by atoms with Crippen molar-refractivity contribution in [2.45, 2.75) is 109 Å². The Morgan fingerprint density at radius 1 is 0.331 bits per heavy atom. The van der Waals surface area contributed by atoms with Gasteiger partial charge in [-0.05, 0) is 229 Å². The van der Waals surface area contributed by atoms with Gasteiger partial charge in [-0.1, -0.05) is 183 Å². The molecule has 139 heavy (non-hydrogen) atoms. The molecule has 20 rings (SSSR count). The first-order valence-corrected chi connectivity index (χ1v) is 45.5. The molecule has 0 radical (unpaired) electrons. The number of nitrogens with zero attached hydrogens (tertiary/aromatic N) is 4. The summed E-state index contributed by atoms with van der Waals surface area (Å²) in [6.07, 6.45) is 1.09. The number of amides is 3. The molecule has 0 saturated heterocycles. The normalized spacial score (nSPS) is 13.5. The molecule has 0 aliphatic heterocycles. The van der Waals surface area contributed by atoms with Crippen LogP contribution >= 0.6 is 0 Å². The van der Waals surface area contributed by atoms with Crippen molar-refractivity contribution in [3.63, 3.8) is 0 Å². The van der Waals surface area contributed by atoms with Crippen LogP contribution in [0.5, 0.6) is 34.5 Å². The van der Waals surface area contributed by atoms with Gasteiger partial charge >= 0.3 is 42.6 Å². The van der Waals surface area contributed by atoms with Gasteiger partial charge in [0.05, 0.1) is 27.4 Å². The molecule has 4 aliphatic rings. The lowest BCUT2D eigenvalue weighted by Crippen LogP contribution is -2.30. The molecular formula is C110H97F6N7O16. The first kappa shape index (κ1) is 94.6. The summed E-state index contributed by atoms with van der Waals surface area (Å²) in [5, 5.41) is 53.0. The Kier molecular flexibility index (Phi) is 28.3. The molecule has 4 fully saturated rings. The minimum Gasteiger partial charge on any atom is -0.497 e. The predicted octanol–water partition coefficient (Wildman–Crippen LogP) is 25.0. The molecule has 16 aromatic rings. The van der Waals surface area contributed by atoms with Gasteiger partial charge in [-0.15, -0.1) is 26.3 Å². The van der Waals surface area contributed by atoms with Crippen LogP contribution in [-0.4, -0.2) is 121 Å². The third-order valence-corrected chi connectivity index (χ3v) is 24.7. The third-order valence-electron chi connectivity index (χ3n) is 24.7. The van der Waals surface area contributed by atoms with E-state index < -0.39 is 36.6 Å². The summed E-state index contributed by atoms with van der Waals surface area (Å²) in [6, 6.07) is 85.7. The van der Waals surface area contributed by atoms with Crippen LogP contribution in [-0.2, 0) is 31.0 Å². The van der Waals surface area contributed by atoms with E-state index >= 15 is 0 Å². The Labute approximate surface area is 794 Å². The number of carbonyl (C=O) groups excluding carboxylic acids is 2. The van der Waals surface area contributed by atoms with Crippen molar-refractivity contribution >= 4 is 90.8 Å². The van der Waals surface area contributed by atoms with E-state index in [2.05, 4.69) is 25.4 Å². The van der Waals surface area contributed by atoms with Gasteiger partial charge in [0.2, 0.25) is 5.91 Å². The van der Waals surface area contributed by atoms with E-state index in [4.69, 9.17) is 18.9 Å². The van der Waals surface area contributed by atoms with E-state index in [0.717, 1.165) is 118 Å². The number of fused-ring (bicyclic) bond motifs is 4. The fraction of sp³-hybridized carbons (Fsp3) is 0.218. The van der Waals surface area contributed by atoms with Crippen LogP contribution < -0.4 is 44.4 Å². The molecule has 7 N–H and O–H groups in total. The second-order valence-electron chi connectivity index (χ2n) is 34.7. The van der Waals surface area contributed by atoms with Gasteiger partial charge in [-0.3, -0.25) is 4.79 Å². The number of alkyl halides is 6. The summed E-state index contributed by atoms with van der Waals surface area (Å²) >= 11 is 0. The highest BCUT2D eigenvalue weighted by Crippen LogP contribution is 2.45. The number of rotatable bonds is 30. The van der Waals surface area contributed by atoms with E-state index in [-0.39, 0.29) is 71.3 Å². The van der Waals surface area contributed by atoms with Crippen molar-refractivity contribution in [3.8, 4) is 79.0 Å². The highest BCUT2D eigenvalue weighted by molar-refractivity contribution is 6.12. The van der Waals surface area contributed by atoms with Gasteiger partial charge in [0, 0.05) is 115 Å². The smallest absolute Gasteiger partial charge is 0.497 e. The van der Waals surface area contributed by atoms with E-state index in [0.29, 0.717) is 117 Å². The van der Waals surface area contributed by atoms with E-state index in [1.807, 2.05) is 221 Å².